The third-order valence-electron chi connectivity index (χ3n) is 3.26. The second kappa shape index (κ2) is 7.97. The molecule has 1 amide bonds. The molecule has 0 aliphatic heterocycles. The average Bonchev–Trinajstić information content (AvgIpc) is 3.07. The van der Waals surface area contributed by atoms with E-state index in [0.717, 1.165) is 6.26 Å². The lowest BCUT2D eigenvalue weighted by Crippen LogP contribution is -2.24. The molecule has 2 aromatic rings. The van der Waals surface area contributed by atoms with Crippen molar-refractivity contribution in [3.8, 4) is 11.5 Å². The summed E-state index contributed by atoms with van der Waals surface area (Å²) in [5.74, 6) is 0.954. The summed E-state index contributed by atoms with van der Waals surface area (Å²) in [5.41, 5.74) is 0.440. The lowest BCUT2D eigenvalue weighted by Gasteiger charge is -2.09. The van der Waals surface area contributed by atoms with Crippen molar-refractivity contribution < 1.29 is 27.1 Å². The fraction of sp³-hybridized carbons (Fsp3) is 0.400. The summed E-state index contributed by atoms with van der Waals surface area (Å²) in [4.78, 5) is 12.1. The Morgan fingerprint density at radius 3 is 2.52 bits per heavy atom. The molecule has 9 nitrogen and oxygen atoms in total. The Labute approximate surface area is 145 Å². The van der Waals surface area contributed by atoms with Crippen LogP contribution in [0.4, 0.5) is 0 Å². The zero-order valence-electron chi connectivity index (χ0n) is 14.1. The SMILES string of the molecule is COc1ccc(C(=O)NCCCc2nnc(S(C)(=O)=O)o2)cc1OC. The Morgan fingerprint density at radius 2 is 1.92 bits per heavy atom. The van der Waals surface area contributed by atoms with Crippen LogP contribution in [-0.4, -0.2) is 51.5 Å². The van der Waals surface area contributed by atoms with Crippen LogP contribution in [0.5, 0.6) is 11.5 Å². The van der Waals surface area contributed by atoms with Gasteiger partial charge in [0.15, 0.2) is 11.5 Å². The number of nitrogens with zero attached hydrogens (tertiary/aromatic N) is 2. The van der Waals surface area contributed by atoms with Gasteiger partial charge in [-0.05, 0) is 24.6 Å². The first-order valence-electron chi connectivity index (χ1n) is 7.38. The number of aromatic nitrogens is 2. The van der Waals surface area contributed by atoms with Crippen LogP contribution >= 0.6 is 0 Å². The average molecular weight is 369 g/mol. The van der Waals surface area contributed by atoms with E-state index in [1.807, 2.05) is 0 Å². The Balaban J connectivity index is 1.85. The quantitative estimate of drug-likeness (QED) is 0.680. The van der Waals surface area contributed by atoms with E-state index in [2.05, 4.69) is 15.5 Å². The molecule has 0 atom stereocenters. The van der Waals surface area contributed by atoms with Crippen molar-refractivity contribution in [3.63, 3.8) is 0 Å². The van der Waals surface area contributed by atoms with Crippen molar-refractivity contribution in [2.75, 3.05) is 27.0 Å². The van der Waals surface area contributed by atoms with Crippen LogP contribution in [0, 0.1) is 0 Å². The smallest absolute Gasteiger partial charge is 0.335 e. The molecule has 0 aliphatic rings. The molecule has 0 saturated carbocycles. The van der Waals surface area contributed by atoms with E-state index >= 15 is 0 Å². The minimum absolute atomic E-state index is 0.209. The van der Waals surface area contributed by atoms with Crippen LogP contribution in [0.1, 0.15) is 22.7 Å². The molecule has 0 unspecified atom stereocenters. The van der Waals surface area contributed by atoms with Gasteiger partial charge in [-0.25, -0.2) is 8.42 Å². The molecule has 0 spiro atoms. The number of carbonyl (C=O) groups is 1. The molecule has 1 aromatic carbocycles. The molecule has 25 heavy (non-hydrogen) atoms. The van der Waals surface area contributed by atoms with E-state index in [1.54, 1.807) is 18.2 Å². The molecule has 10 heteroatoms. The van der Waals surface area contributed by atoms with Gasteiger partial charge in [0.2, 0.25) is 15.7 Å². The topological polar surface area (TPSA) is 121 Å². The molecule has 0 bridgehead atoms. The second-order valence-corrected chi connectivity index (χ2v) is 7.06. The fourth-order valence-electron chi connectivity index (χ4n) is 2.01. The number of hydrogen-bond acceptors (Lipinski definition) is 8. The summed E-state index contributed by atoms with van der Waals surface area (Å²) < 4.78 is 37.8. The van der Waals surface area contributed by atoms with Crippen molar-refractivity contribution in [1.29, 1.82) is 0 Å². The Kier molecular flexibility index (Phi) is 5.97. The molecular weight excluding hydrogens is 350 g/mol. The van der Waals surface area contributed by atoms with Gasteiger partial charge in [-0.2, -0.15) is 0 Å². The van der Waals surface area contributed by atoms with E-state index in [1.165, 1.54) is 14.2 Å². The molecule has 1 heterocycles. The Bertz CT molecular complexity index is 847. The van der Waals surface area contributed by atoms with Gasteiger partial charge in [0.05, 0.1) is 14.2 Å². The van der Waals surface area contributed by atoms with E-state index in [4.69, 9.17) is 13.9 Å². The van der Waals surface area contributed by atoms with Gasteiger partial charge in [-0.3, -0.25) is 4.79 Å². The summed E-state index contributed by atoms with van der Waals surface area (Å²) >= 11 is 0. The number of rotatable bonds is 8. The number of benzene rings is 1. The normalized spacial score (nSPS) is 11.2. The predicted molar refractivity (Wildman–Crippen MR) is 87.6 cm³/mol. The fourth-order valence-corrected chi connectivity index (χ4v) is 2.45. The highest BCUT2D eigenvalue weighted by Crippen LogP contribution is 2.27. The molecule has 1 N–H and O–H groups in total. The lowest BCUT2D eigenvalue weighted by molar-refractivity contribution is 0.0952. The monoisotopic (exact) mass is 369 g/mol. The highest BCUT2D eigenvalue weighted by atomic mass is 32.2. The minimum Gasteiger partial charge on any atom is -0.493 e. The number of nitrogens with one attached hydrogen (secondary N) is 1. The number of sulfone groups is 1. The van der Waals surface area contributed by atoms with Crippen molar-refractivity contribution >= 4 is 15.7 Å². The van der Waals surface area contributed by atoms with Crippen molar-refractivity contribution in [2.24, 2.45) is 0 Å². The molecule has 1 aromatic heterocycles. The number of ether oxygens (including phenoxy) is 2. The van der Waals surface area contributed by atoms with Gasteiger partial charge in [0, 0.05) is 24.8 Å². The number of hydrogen-bond donors (Lipinski definition) is 1. The van der Waals surface area contributed by atoms with Crippen molar-refractivity contribution in [1.82, 2.24) is 15.5 Å². The number of aryl methyl sites for hydroxylation is 1. The standard InChI is InChI=1S/C15H19N3O6S/c1-22-11-7-6-10(9-12(11)23-2)14(19)16-8-4-5-13-17-18-15(24-13)25(3,20)21/h6-7,9H,4-5,8H2,1-3H3,(H,16,19). The third kappa shape index (κ3) is 4.92. The van der Waals surface area contributed by atoms with Gasteiger partial charge in [-0.15, -0.1) is 5.10 Å². The molecule has 0 fully saturated rings. The zero-order valence-corrected chi connectivity index (χ0v) is 14.9. The maximum absolute atomic E-state index is 12.1. The Hall–Kier alpha value is -2.62. The highest BCUT2D eigenvalue weighted by molar-refractivity contribution is 7.90. The molecule has 0 saturated heterocycles. The van der Waals surface area contributed by atoms with E-state index in [-0.39, 0.29) is 11.8 Å². The first-order chi connectivity index (χ1) is 11.8. The van der Waals surface area contributed by atoms with Crippen LogP contribution in [0.2, 0.25) is 0 Å². The van der Waals surface area contributed by atoms with Gasteiger partial charge < -0.3 is 19.2 Å². The van der Waals surface area contributed by atoms with Gasteiger partial charge in [-0.1, -0.05) is 5.10 Å². The maximum atomic E-state index is 12.1. The summed E-state index contributed by atoms with van der Waals surface area (Å²) in [6.45, 7) is 0.365. The van der Waals surface area contributed by atoms with Crippen molar-refractivity contribution in [3.05, 3.63) is 29.7 Å². The van der Waals surface area contributed by atoms with Gasteiger partial charge in [0.1, 0.15) is 0 Å². The van der Waals surface area contributed by atoms with E-state index in [0.29, 0.717) is 36.4 Å². The third-order valence-corrected chi connectivity index (χ3v) is 4.06. The first kappa shape index (κ1) is 18.7. The maximum Gasteiger partial charge on any atom is 0.335 e. The van der Waals surface area contributed by atoms with E-state index in [9.17, 15) is 13.2 Å². The summed E-state index contributed by atoms with van der Waals surface area (Å²) in [6, 6.07) is 4.87. The van der Waals surface area contributed by atoms with Crippen molar-refractivity contribution in [2.45, 2.75) is 18.1 Å². The van der Waals surface area contributed by atoms with Crippen LogP contribution in [0.15, 0.2) is 27.8 Å². The second-order valence-electron chi connectivity index (χ2n) is 5.16. The number of carbonyl (C=O) groups excluding carboxylic acids is 1. The van der Waals surface area contributed by atoms with Crippen LogP contribution in [-0.2, 0) is 16.3 Å². The van der Waals surface area contributed by atoms with Crippen LogP contribution in [0.3, 0.4) is 0 Å². The molecule has 2 rings (SSSR count). The largest absolute Gasteiger partial charge is 0.493 e. The number of methoxy groups -OCH3 is 2. The summed E-state index contributed by atoms with van der Waals surface area (Å²) in [5, 5.41) is 9.47. The zero-order chi connectivity index (χ0) is 18.4. The molecule has 136 valence electrons. The van der Waals surface area contributed by atoms with E-state index < -0.39 is 15.1 Å². The minimum atomic E-state index is -3.51. The molecule has 0 radical (unpaired) electrons. The lowest BCUT2D eigenvalue weighted by atomic mass is 10.2. The van der Waals surface area contributed by atoms with Gasteiger partial charge in [0.25, 0.3) is 5.91 Å². The van der Waals surface area contributed by atoms with Crippen LogP contribution < -0.4 is 14.8 Å². The summed E-state index contributed by atoms with van der Waals surface area (Å²) in [7, 11) is -0.494. The van der Waals surface area contributed by atoms with Crippen LogP contribution in [0.25, 0.3) is 0 Å². The molecular formula is C15H19N3O6S. The summed E-state index contributed by atoms with van der Waals surface area (Å²) in [6.07, 6.45) is 1.87. The number of amides is 1. The Morgan fingerprint density at radius 1 is 1.20 bits per heavy atom. The van der Waals surface area contributed by atoms with Gasteiger partial charge >= 0.3 is 5.22 Å². The predicted octanol–water partition coefficient (Wildman–Crippen LogP) is 0.853. The first-order valence-corrected chi connectivity index (χ1v) is 9.27. The highest BCUT2D eigenvalue weighted by Gasteiger charge is 2.16. The molecule has 0 aliphatic carbocycles.